The number of likely N-dealkylation sites (N-methyl/N-ethyl adjacent to an activating group) is 1. The summed E-state index contributed by atoms with van der Waals surface area (Å²) in [7, 11) is 1.79. The molecule has 4 nitrogen and oxygen atoms in total. The third-order valence-electron chi connectivity index (χ3n) is 3.26. The first-order valence-corrected chi connectivity index (χ1v) is 6.25. The Hall–Kier alpha value is -1.94. The summed E-state index contributed by atoms with van der Waals surface area (Å²) in [6.45, 7) is 5.41. The largest absolute Gasteiger partial charge is 0.361 e. The molecule has 19 heavy (non-hydrogen) atoms. The van der Waals surface area contributed by atoms with Crippen LogP contribution in [0.4, 0.5) is 0 Å². The first-order chi connectivity index (χ1) is 9.04. The van der Waals surface area contributed by atoms with Gasteiger partial charge in [-0.3, -0.25) is 4.79 Å². The molecule has 0 amide bonds. The maximum atomic E-state index is 11.5. The molecule has 2 aromatic rings. The van der Waals surface area contributed by atoms with E-state index in [1.807, 2.05) is 38.1 Å². The molecule has 0 fully saturated rings. The minimum Gasteiger partial charge on any atom is -0.361 e. The van der Waals surface area contributed by atoms with Crippen LogP contribution in [0.2, 0.25) is 0 Å². The van der Waals surface area contributed by atoms with Crippen molar-refractivity contribution in [1.82, 2.24) is 10.5 Å². The first-order valence-electron chi connectivity index (χ1n) is 6.25. The SMILES string of the molecule is CNC(C(C)=O)c1ccc(-c2c(C)noc2C)cc1. The predicted octanol–water partition coefficient (Wildman–Crippen LogP) is 2.81. The Morgan fingerprint density at radius 2 is 1.89 bits per heavy atom. The normalized spacial score (nSPS) is 12.4. The number of hydrogen-bond acceptors (Lipinski definition) is 4. The van der Waals surface area contributed by atoms with E-state index >= 15 is 0 Å². The highest BCUT2D eigenvalue weighted by molar-refractivity contribution is 5.83. The number of carbonyl (C=O) groups is 1. The Bertz CT molecular complexity index is 565. The molecule has 0 bridgehead atoms. The average Bonchev–Trinajstić information content (AvgIpc) is 2.71. The number of rotatable bonds is 4. The fourth-order valence-corrected chi connectivity index (χ4v) is 2.34. The maximum Gasteiger partial charge on any atom is 0.151 e. The van der Waals surface area contributed by atoms with Crippen molar-refractivity contribution in [2.75, 3.05) is 7.05 Å². The van der Waals surface area contributed by atoms with Crippen LogP contribution in [0.3, 0.4) is 0 Å². The number of aryl methyl sites for hydroxylation is 2. The van der Waals surface area contributed by atoms with E-state index in [9.17, 15) is 4.79 Å². The second-order valence-electron chi connectivity index (χ2n) is 4.65. The Labute approximate surface area is 112 Å². The van der Waals surface area contributed by atoms with E-state index in [-0.39, 0.29) is 11.8 Å². The third-order valence-corrected chi connectivity index (χ3v) is 3.26. The molecule has 0 aliphatic heterocycles. The molecule has 1 unspecified atom stereocenters. The number of aromatic nitrogens is 1. The summed E-state index contributed by atoms with van der Waals surface area (Å²) in [6, 6.07) is 7.66. The van der Waals surface area contributed by atoms with Crippen molar-refractivity contribution >= 4 is 5.78 Å². The van der Waals surface area contributed by atoms with Crippen LogP contribution in [-0.4, -0.2) is 18.0 Å². The van der Waals surface area contributed by atoms with Crippen molar-refractivity contribution in [2.24, 2.45) is 0 Å². The third kappa shape index (κ3) is 2.58. The quantitative estimate of drug-likeness (QED) is 0.916. The Morgan fingerprint density at radius 3 is 2.32 bits per heavy atom. The molecule has 1 atom stereocenters. The predicted molar refractivity (Wildman–Crippen MR) is 73.9 cm³/mol. The Balaban J connectivity index is 2.36. The summed E-state index contributed by atoms with van der Waals surface area (Å²) >= 11 is 0. The number of nitrogens with one attached hydrogen (secondary N) is 1. The van der Waals surface area contributed by atoms with Crippen LogP contribution in [0.5, 0.6) is 0 Å². The van der Waals surface area contributed by atoms with E-state index in [1.54, 1.807) is 14.0 Å². The standard InChI is InChI=1S/C15H18N2O2/c1-9-14(11(3)19-17-9)12-5-7-13(8-6-12)15(16-4)10(2)18/h5-8,15-16H,1-4H3. The van der Waals surface area contributed by atoms with Crippen molar-refractivity contribution in [1.29, 1.82) is 0 Å². The zero-order valence-corrected chi connectivity index (χ0v) is 11.7. The van der Waals surface area contributed by atoms with Gasteiger partial charge in [-0.2, -0.15) is 0 Å². The van der Waals surface area contributed by atoms with Gasteiger partial charge in [0, 0.05) is 5.56 Å². The fourth-order valence-electron chi connectivity index (χ4n) is 2.34. The van der Waals surface area contributed by atoms with Crippen molar-refractivity contribution in [3.05, 3.63) is 41.3 Å². The first kappa shape index (κ1) is 13.5. The van der Waals surface area contributed by atoms with Gasteiger partial charge in [0.2, 0.25) is 0 Å². The van der Waals surface area contributed by atoms with E-state index in [4.69, 9.17) is 4.52 Å². The van der Waals surface area contributed by atoms with Crippen molar-refractivity contribution in [3.63, 3.8) is 0 Å². The van der Waals surface area contributed by atoms with Gasteiger partial charge in [-0.25, -0.2) is 0 Å². The molecule has 0 aliphatic rings. The lowest BCUT2D eigenvalue weighted by Gasteiger charge is -2.13. The van der Waals surface area contributed by atoms with E-state index in [2.05, 4.69) is 10.5 Å². The topological polar surface area (TPSA) is 55.1 Å². The molecule has 1 aromatic carbocycles. The summed E-state index contributed by atoms with van der Waals surface area (Å²) in [6.07, 6.45) is 0. The molecule has 100 valence electrons. The number of Topliss-reactive ketones (excluding diaryl/α,β-unsaturated/α-hetero) is 1. The summed E-state index contributed by atoms with van der Waals surface area (Å²) in [5.74, 6) is 0.912. The number of carbonyl (C=O) groups excluding carboxylic acids is 1. The van der Waals surface area contributed by atoms with Crippen molar-refractivity contribution in [2.45, 2.75) is 26.8 Å². The molecule has 1 N–H and O–H groups in total. The Morgan fingerprint density at radius 1 is 1.26 bits per heavy atom. The fraction of sp³-hybridized carbons (Fsp3) is 0.333. The summed E-state index contributed by atoms with van der Waals surface area (Å²) in [4.78, 5) is 11.5. The van der Waals surface area contributed by atoms with Crippen LogP contribution >= 0.6 is 0 Å². The molecule has 0 aliphatic carbocycles. The van der Waals surface area contributed by atoms with Crippen LogP contribution in [0, 0.1) is 13.8 Å². The minimum absolute atomic E-state index is 0.104. The van der Waals surface area contributed by atoms with Gasteiger partial charge in [-0.1, -0.05) is 29.4 Å². The van der Waals surface area contributed by atoms with E-state index in [1.165, 1.54) is 0 Å². The van der Waals surface area contributed by atoms with Gasteiger partial charge in [0.25, 0.3) is 0 Å². The van der Waals surface area contributed by atoms with E-state index in [0.29, 0.717) is 0 Å². The van der Waals surface area contributed by atoms with E-state index < -0.39 is 0 Å². The monoisotopic (exact) mass is 258 g/mol. The van der Waals surface area contributed by atoms with Crippen molar-refractivity contribution < 1.29 is 9.32 Å². The highest BCUT2D eigenvalue weighted by Crippen LogP contribution is 2.28. The Kier molecular flexibility index (Phi) is 3.81. The summed E-state index contributed by atoms with van der Waals surface area (Å²) in [5.41, 5.74) is 3.92. The van der Waals surface area contributed by atoms with E-state index in [0.717, 1.165) is 28.1 Å². The molecule has 0 spiro atoms. The lowest BCUT2D eigenvalue weighted by molar-refractivity contribution is -0.119. The van der Waals surface area contributed by atoms with Gasteiger partial charge in [0.1, 0.15) is 5.76 Å². The lowest BCUT2D eigenvalue weighted by Crippen LogP contribution is -2.23. The second kappa shape index (κ2) is 5.36. The highest BCUT2D eigenvalue weighted by Gasteiger charge is 2.15. The summed E-state index contributed by atoms with van der Waals surface area (Å²) in [5, 5.41) is 6.97. The van der Waals surface area contributed by atoms with Gasteiger partial charge < -0.3 is 9.84 Å². The maximum absolute atomic E-state index is 11.5. The summed E-state index contributed by atoms with van der Waals surface area (Å²) < 4.78 is 5.17. The van der Waals surface area contributed by atoms with Crippen LogP contribution < -0.4 is 5.32 Å². The number of nitrogens with zero attached hydrogens (tertiary/aromatic N) is 1. The smallest absolute Gasteiger partial charge is 0.151 e. The van der Waals surface area contributed by atoms with Crippen LogP contribution in [-0.2, 0) is 4.79 Å². The van der Waals surface area contributed by atoms with Crippen LogP contribution in [0.15, 0.2) is 28.8 Å². The highest BCUT2D eigenvalue weighted by atomic mass is 16.5. The molecule has 4 heteroatoms. The molecule has 1 heterocycles. The van der Waals surface area contributed by atoms with Crippen LogP contribution in [0.25, 0.3) is 11.1 Å². The number of hydrogen-bond donors (Lipinski definition) is 1. The average molecular weight is 258 g/mol. The van der Waals surface area contributed by atoms with Crippen LogP contribution in [0.1, 0.15) is 30.0 Å². The second-order valence-corrected chi connectivity index (χ2v) is 4.65. The molecule has 0 saturated heterocycles. The molecule has 1 aromatic heterocycles. The van der Waals surface area contributed by atoms with Crippen molar-refractivity contribution in [3.8, 4) is 11.1 Å². The number of ketones is 1. The van der Waals surface area contributed by atoms with Gasteiger partial charge in [0.05, 0.1) is 11.7 Å². The zero-order valence-electron chi connectivity index (χ0n) is 11.7. The van der Waals surface area contributed by atoms with Gasteiger partial charge in [0.15, 0.2) is 5.78 Å². The zero-order chi connectivity index (χ0) is 14.0. The molecule has 0 saturated carbocycles. The molecular weight excluding hydrogens is 240 g/mol. The van der Waals surface area contributed by atoms with Gasteiger partial charge in [-0.05, 0) is 38.9 Å². The van der Waals surface area contributed by atoms with Gasteiger partial charge in [-0.15, -0.1) is 0 Å². The van der Waals surface area contributed by atoms with Gasteiger partial charge >= 0.3 is 0 Å². The molecule has 2 rings (SSSR count). The lowest BCUT2D eigenvalue weighted by atomic mass is 9.98. The molecule has 0 radical (unpaired) electrons. The number of benzene rings is 1. The minimum atomic E-state index is -0.251. The molecular formula is C15H18N2O2.